The minimum absolute atomic E-state index is 0.0120. The molecule has 0 aliphatic carbocycles. The van der Waals surface area contributed by atoms with Crippen molar-refractivity contribution in [1.29, 1.82) is 0 Å². The Labute approximate surface area is 203 Å². The molecule has 1 aromatic carbocycles. The molecule has 0 radical (unpaired) electrons. The molecule has 0 saturated carbocycles. The highest BCUT2D eigenvalue weighted by Gasteiger charge is 2.30. The topological polar surface area (TPSA) is 116 Å². The molecule has 174 valence electrons. The van der Waals surface area contributed by atoms with Gasteiger partial charge in [-0.2, -0.15) is 0 Å². The summed E-state index contributed by atoms with van der Waals surface area (Å²) in [7, 11) is 0. The van der Waals surface area contributed by atoms with Crippen molar-refractivity contribution in [1.82, 2.24) is 4.31 Å². The molecule has 2 rings (SSSR count). The summed E-state index contributed by atoms with van der Waals surface area (Å²) >= 11 is 13.8. The molecule has 1 aliphatic rings. The fraction of sp³-hybridized carbons (Fsp3) is 0.474. The fourth-order valence-electron chi connectivity index (χ4n) is 2.64. The molecule has 32 heavy (non-hydrogen) atoms. The summed E-state index contributed by atoms with van der Waals surface area (Å²) in [5, 5.41) is 9.87. The van der Waals surface area contributed by atoms with Crippen LogP contribution in [0.5, 0.6) is 0 Å². The van der Waals surface area contributed by atoms with Crippen LogP contribution < -0.4 is 0 Å². The second-order valence-electron chi connectivity index (χ2n) is 6.82. The number of carbonyl (C=O) groups is 3. The Hall–Kier alpha value is -1.89. The van der Waals surface area contributed by atoms with Gasteiger partial charge in [-0.05, 0) is 24.6 Å². The van der Waals surface area contributed by atoms with Crippen LogP contribution >= 0.6 is 47.5 Å². The van der Waals surface area contributed by atoms with Crippen molar-refractivity contribution in [3.8, 4) is 0 Å². The minimum Gasteiger partial charge on any atom is -0.460 e. The Balaban J connectivity index is 1.95. The molecule has 3 unspecified atom stereocenters. The Morgan fingerprint density at radius 1 is 1.38 bits per heavy atom. The number of thiocarbonyl (C=S) groups is 1. The fourth-order valence-corrected chi connectivity index (χ4v) is 5.57. The monoisotopic (exact) mass is 520 g/mol. The molecule has 1 saturated heterocycles. The normalized spacial score (nSPS) is 15.9. The number of thioether (sulfide) groups is 1. The van der Waals surface area contributed by atoms with Gasteiger partial charge in [-0.25, -0.2) is 0 Å². The van der Waals surface area contributed by atoms with Crippen molar-refractivity contribution >= 4 is 74.6 Å². The summed E-state index contributed by atoms with van der Waals surface area (Å²) < 4.78 is 12.3. The molecule has 0 spiro atoms. The second-order valence-corrected chi connectivity index (χ2v) is 10.9. The Bertz CT molecular complexity index is 930. The van der Waals surface area contributed by atoms with Gasteiger partial charge in [-0.1, -0.05) is 19.1 Å². The van der Waals surface area contributed by atoms with Crippen molar-refractivity contribution in [2.24, 2.45) is 0 Å². The van der Waals surface area contributed by atoms with E-state index in [0.29, 0.717) is 22.1 Å². The third-order valence-electron chi connectivity index (χ3n) is 4.36. The minimum atomic E-state index is -0.997. The van der Waals surface area contributed by atoms with Gasteiger partial charge in [0.25, 0.3) is 5.69 Å². The van der Waals surface area contributed by atoms with Crippen LogP contribution in [-0.4, -0.2) is 47.8 Å². The van der Waals surface area contributed by atoms with Crippen LogP contribution in [0.2, 0.25) is 0 Å². The lowest BCUT2D eigenvalue weighted by Gasteiger charge is -2.29. The van der Waals surface area contributed by atoms with Gasteiger partial charge in [0.15, 0.2) is 0 Å². The van der Waals surface area contributed by atoms with E-state index in [1.54, 1.807) is 11.2 Å². The first-order valence-electron chi connectivity index (χ1n) is 9.43. The van der Waals surface area contributed by atoms with E-state index in [9.17, 15) is 24.5 Å². The number of amides is 1. The Morgan fingerprint density at radius 3 is 2.59 bits per heavy atom. The molecule has 1 aliphatic heterocycles. The van der Waals surface area contributed by atoms with E-state index < -0.39 is 33.6 Å². The number of nitro groups is 1. The molecule has 1 heterocycles. The van der Waals surface area contributed by atoms with Gasteiger partial charge in [0.05, 0.1) is 10.5 Å². The van der Waals surface area contributed by atoms with Crippen LogP contribution in [0.15, 0.2) is 18.2 Å². The number of carbonyl (C=O) groups excluding carboxylic acids is 3. The maximum absolute atomic E-state index is 12.4. The van der Waals surface area contributed by atoms with Crippen molar-refractivity contribution in [3.63, 3.8) is 0 Å². The van der Waals surface area contributed by atoms with Crippen molar-refractivity contribution in [2.45, 2.75) is 50.5 Å². The van der Waals surface area contributed by atoms with Crippen LogP contribution in [0.4, 0.5) is 5.69 Å². The van der Waals surface area contributed by atoms with E-state index in [2.05, 4.69) is 0 Å². The van der Waals surface area contributed by atoms with Gasteiger partial charge in [0, 0.05) is 43.2 Å². The van der Waals surface area contributed by atoms with Gasteiger partial charge < -0.3 is 9.47 Å². The van der Waals surface area contributed by atoms with Crippen LogP contribution in [-0.2, 0) is 30.5 Å². The van der Waals surface area contributed by atoms with Gasteiger partial charge >= 0.3 is 11.9 Å². The zero-order valence-electron chi connectivity index (χ0n) is 17.4. The molecular formula is C19H21ClN2O7S3. The average molecular weight is 521 g/mol. The molecule has 13 heteroatoms. The first-order valence-corrected chi connectivity index (χ1v) is 11.9. The predicted molar refractivity (Wildman–Crippen MR) is 126 cm³/mol. The molecular weight excluding hydrogens is 500 g/mol. The summed E-state index contributed by atoms with van der Waals surface area (Å²) in [5.74, 6) is -1.24. The number of benzene rings is 1. The highest BCUT2D eigenvalue weighted by Crippen LogP contribution is 2.32. The van der Waals surface area contributed by atoms with E-state index >= 15 is 0 Å². The number of hydrogen-bond acceptors (Lipinski definition) is 10. The predicted octanol–water partition coefficient (Wildman–Crippen LogP) is 4.16. The Kier molecular flexibility index (Phi) is 9.74. The summed E-state index contributed by atoms with van der Waals surface area (Å²) in [6.45, 7) is 4.91. The van der Waals surface area contributed by atoms with E-state index in [0.717, 1.165) is 11.9 Å². The number of rotatable bonds is 9. The molecule has 0 bridgehead atoms. The first-order chi connectivity index (χ1) is 15.0. The maximum atomic E-state index is 12.4. The molecule has 1 fully saturated rings. The van der Waals surface area contributed by atoms with Crippen molar-refractivity contribution < 1.29 is 28.8 Å². The van der Waals surface area contributed by atoms with Crippen LogP contribution in [0.1, 0.15) is 44.4 Å². The van der Waals surface area contributed by atoms with Gasteiger partial charge in [-0.15, -0.1) is 23.4 Å². The number of halogens is 1. The lowest BCUT2D eigenvalue weighted by Crippen LogP contribution is -2.38. The maximum Gasteiger partial charge on any atom is 0.325 e. The summed E-state index contributed by atoms with van der Waals surface area (Å²) in [4.78, 5) is 45.6. The lowest BCUT2D eigenvalue weighted by atomic mass is 10.0. The van der Waals surface area contributed by atoms with Crippen LogP contribution in [0.3, 0.4) is 0 Å². The van der Waals surface area contributed by atoms with E-state index in [1.165, 1.54) is 43.8 Å². The Morgan fingerprint density at radius 2 is 2.06 bits per heavy atom. The molecule has 1 amide bonds. The van der Waals surface area contributed by atoms with E-state index in [-0.39, 0.29) is 23.8 Å². The lowest BCUT2D eigenvalue weighted by molar-refractivity contribution is -0.386. The number of β-lactam (4-membered cyclic amide) rings is 1. The van der Waals surface area contributed by atoms with Crippen molar-refractivity contribution in [2.75, 3.05) is 6.54 Å². The summed E-state index contributed by atoms with van der Waals surface area (Å²) in [6.07, 6.45) is -0.345. The van der Waals surface area contributed by atoms with Gasteiger partial charge in [0.1, 0.15) is 21.6 Å². The third-order valence-corrected chi connectivity index (χ3v) is 7.68. The SMILES string of the molecule is CC(=O)OC(C)c1cc(COC(=O)C(Cl)C(C)SC(=S)SN2CCC2=O)ccc1[N+](=O)[O-]. The van der Waals surface area contributed by atoms with Crippen molar-refractivity contribution in [3.05, 3.63) is 39.4 Å². The van der Waals surface area contributed by atoms with Crippen LogP contribution in [0, 0.1) is 10.1 Å². The standard InChI is InChI=1S/C19H21ClN2O7S3/c1-10(29-12(3)23)14-8-13(4-5-15(14)22(26)27)9-28-18(25)17(20)11(2)31-19(30)32-21-7-6-16(21)24/h4-5,8,10-11,17H,6-7,9H2,1-3H3. The molecule has 9 nitrogen and oxygen atoms in total. The molecule has 1 aromatic rings. The second kappa shape index (κ2) is 11.8. The largest absolute Gasteiger partial charge is 0.460 e. The highest BCUT2D eigenvalue weighted by molar-refractivity contribution is 8.46. The van der Waals surface area contributed by atoms with Crippen LogP contribution in [0.25, 0.3) is 0 Å². The quantitative estimate of drug-likeness (QED) is 0.0893. The number of nitro benzene ring substituents is 1. The number of hydrogen-bond donors (Lipinski definition) is 0. The van der Waals surface area contributed by atoms with Gasteiger partial charge in [-0.3, -0.25) is 28.8 Å². The number of nitrogens with zero attached hydrogens (tertiary/aromatic N) is 2. The summed E-state index contributed by atoms with van der Waals surface area (Å²) in [5.41, 5.74) is 0.457. The molecule has 3 atom stereocenters. The molecule has 0 aromatic heterocycles. The first kappa shape index (κ1) is 26.4. The smallest absolute Gasteiger partial charge is 0.325 e. The van der Waals surface area contributed by atoms with Gasteiger partial charge in [0.2, 0.25) is 5.91 Å². The number of ether oxygens (including phenoxy) is 2. The zero-order chi connectivity index (χ0) is 24.0. The third kappa shape index (κ3) is 7.32. The van der Waals surface area contributed by atoms with E-state index in [4.69, 9.17) is 33.3 Å². The van der Waals surface area contributed by atoms with E-state index in [1.807, 2.05) is 0 Å². The number of alkyl halides is 1. The molecule has 0 N–H and O–H groups in total. The number of esters is 2. The zero-order valence-corrected chi connectivity index (χ0v) is 20.6. The summed E-state index contributed by atoms with van der Waals surface area (Å²) in [6, 6.07) is 4.17. The highest BCUT2D eigenvalue weighted by atomic mass is 35.5. The average Bonchev–Trinajstić information content (AvgIpc) is 2.73.